The largest absolute Gasteiger partial charge is 0.466 e. The third-order valence-electron chi connectivity index (χ3n) is 9.22. The molecule has 202 valence electrons. The van der Waals surface area contributed by atoms with Gasteiger partial charge in [0.05, 0.1) is 30.3 Å². The van der Waals surface area contributed by atoms with Gasteiger partial charge in [-0.1, -0.05) is 57.9 Å². The molecule has 7 heteroatoms. The fourth-order valence-electron chi connectivity index (χ4n) is 7.04. The number of carbonyl (C=O) groups is 1. The van der Waals surface area contributed by atoms with Gasteiger partial charge in [-0.15, -0.1) is 0 Å². The number of aliphatic hydroxyl groups excluding tert-OH is 1. The number of methoxy groups -OCH3 is 1. The van der Waals surface area contributed by atoms with Gasteiger partial charge in [0.25, 0.3) is 10.1 Å². The number of fused-ring (bicyclic) bond motifs is 1. The van der Waals surface area contributed by atoms with Gasteiger partial charge in [-0.05, 0) is 80.2 Å². The minimum atomic E-state index is -4.00. The quantitative estimate of drug-likeness (QED) is 0.230. The number of ether oxygens (including phenoxy) is 1. The Morgan fingerprint density at radius 2 is 1.86 bits per heavy atom. The molecule has 7 unspecified atom stereocenters. The molecule has 3 rings (SSSR count). The molecule has 1 N–H and O–H groups in total. The van der Waals surface area contributed by atoms with Crippen molar-refractivity contribution in [2.24, 2.45) is 35.0 Å². The van der Waals surface area contributed by atoms with E-state index >= 15 is 0 Å². The number of esters is 1. The summed E-state index contributed by atoms with van der Waals surface area (Å²) < 4.78 is 35.7. The summed E-state index contributed by atoms with van der Waals surface area (Å²) >= 11 is 0. The normalized spacial score (nSPS) is 28.7. The Hall–Kier alpha value is -1.70. The molecule has 0 spiro atoms. The van der Waals surface area contributed by atoms with E-state index in [2.05, 4.69) is 27.4 Å². The summed E-state index contributed by atoms with van der Waals surface area (Å²) in [5, 5.41) is 11.0. The van der Waals surface area contributed by atoms with Gasteiger partial charge in [0.2, 0.25) is 0 Å². The second kappa shape index (κ2) is 11.8. The van der Waals surface area contributed by atoms with Crippen LogP contribution in [-0.2, 0) is 23.8 Å². The Bertz CT molecular complexity index is 1020. The van der Waals surface area contributed by atoms with Gasteiger partial charge in [-0.2, -0.15) is 8.42 Å². The average molecular weight is 521 g/mol. The Morgan fingerprint density at radius 3 is 2.50 bits per heavy atom. The molecule has 0 aliphatic heterocycles. The molecule has 0 heterocycles. The second-order valence-corrected chi connectivity index (χ2v) is 13.1. The summed E-state index contributed by atoms with van der Waals surface area (Å²) in [6.45, 7) is 12.5. The van der Waals surface area contributed by atoms with E-state index in [0.717, 1.165) is 23.8 Å². The van der Waals surface area contributed by atoms with Crippen LogP contribution in [0.1, 0.15) is 71.3 Å². The lowest BCUT2D eigenvalue weighted by Gasteiger charge is -2.46. The molecule has 0 bridgehead atoms. The number of benzene rings is 1. The van der Waals surface area contributed by atoms with Crippen LogP contribution in [0.2, 0.25) is 0 Å². The van der Waals surface area contributed by atoms with E-state index in [0.29, 0.717) is 23.7 Å². The van der Waals surface area contributed by atoms with Crippen LogP contribution in [0, 0.1) is 41.9 Å². The molecule has 7 atom stereocenters. The van der Waals surface area contributed by atoms with Crippen LogP contribution < -0.4 is 0 Å². The summed E-state index contributed by atoms with van der Waals surface area (Å²) in [5.41, 5.74) is 1.20. The highest BCUT2D eigenvalue weighted by Crippen LogP contribution is 2.59. The molecule has 0 amide bonds. The fraction of sp³-hybridized carbons (Fsp3) is 0.690. The van der Waals surface area contributed by atoms with E-state index < -0.39 is 28.1 Å². The van der Waals surface area contributed by atoms with Crippen molar-refractivity contribution in [3.63, 3.8) is 0 Å². The first kappa shape index (κ1) is 28.9. The Kier molecular flexibility index (Phi) is 9.45. The number of aliphatic hydroxyl groups is 1. The number of rotatable bonds is 11. The first-order valence-corrected chi connectivity index (χ1v) is 14.7. The van der Waals surface area contributed by atoms with Crippen LogP contribution in [0.25, 0.3) is 0 Å². The van der Waals surface area contributed by atoms with Gasteiger partial charge in [0, 0.05) is 5.92 Å². The van der Waals surface area contributed by atoms with E-state index in [1.165, 1.54) is 51.3 Å². The molecule has 36 heavy (non-hydrogen) atoms. The zero-order valence-corrected chi connectivity index (χ0v) is 23.4. The summed E-state index contributed by atoms with van der Waals surface area (Å²) in [5.74, 6) is 1.24. The molecule has 2 aliphatic carbocycles. The lowest BCUT2D eigenvalue weighted by Crippen LogP contribution is -2.38. The van der Waals surface area contributed by atoms with Crippen LogP contribution in [0.3, 0.4) is 0 Å². The standard InChI is InChI=1S/C29H44O6S/c1-19-9-13-24(14-10-19)36(32,33)35-18-23(27(30)22(4)28(31)34-6)12-11-21(3)26-16-15-25-20(2)8-7-17-29(25,26)5/h9-10,13-14,20-21,23,25-27,30H,4,7-8,11-12,15-18H2,1-3,5-6H3. The molecule has 2 fully saturated rings. The summed E-state index contributed by atoms with van der Waals surface area (Å²) in [6, 6.07) is 6.44. The van der Waals surface area contributed by atoms with Gasteiger partial charge in [-0.3, -0.25) is 4.18 Å². The molecule has 0 saturated heterocycles. The number of aryl methyl sites for hydroxylation is 1. The summed E-state index contributed by atoms with van der Waals surface area (Å²) in [7, 11) is -2.77. The maximum Gasteiger partial charge on any atom is 0.335 e. The van der Waals surface area contributed by atoms with Gasteiger partial charge >= 0.3 is 5.97 Å². The monoisotopic (exact) mass is 520 g/mol. The molecule has 0 aromatic heterocycles. The van der Waals surface area contributed by atoms with Crippen LogP contribution >= 0.6 is 0 Å². The van der Waals surface area contributed by atoms with E-state index in [1.807, 2.05) is 6.92 Å². The Labute approximate surface area is 217 Å². The van der Waals surface area contributed by atoms with Crippen molar-refractivity contribution in [3.8, 4) is 0 Å². The summed E-state index contributed by atoms with van der Waals surface area (Å²) in [6.07, 6.45) is 6.43. The van der Waals surface area contributed by atoms with Crippen LogP contribution in [0.4, 0.5) is 0 Å². The van der Waals surface area contributed by atoms with E-state index in [-0.39, 0.29) is 17.1 Å². The van der Waals surface area contributed by atoms with Gasteiger partial charge in [-0.25, -0.2) is 4.79 Å². The third-order valence-corrected chi connectivity index (χ3v) is 10.5. The highest BCUT2D eigenvalue weighted by atomic mass is 32.2. The van der Waals surface area contributed by atoms with Crippen molar-refractivity contribution in [2.45, 2.75) is 83.6 Å². The van der Waals surface area contributed by atoms with E-state index in [9.17, 15) is 18.3 Å². The molecular formula is C29H44O6S. The minimum absolute atomic E-state index is 0.0674. The highest BCUT2D eigenvalue weighted by Gasteiger charge is 2.51. The maximum absolute atomic E-state index is 12.8. The smallest absolute Gasteiger partial charge is 0.335 e. The fourth-order valence-corrected chi connectivity index (χ4v) is 8.00. The second-order valence-electron chi connectivity index (χ2n) is 11.5. The van der Waals surface area contributed by atoms with Crippen molar-refractivity contribution in [1.29, 1.82) is 0 Å². The summed E-state index contributed by atoms with van der Waals surface area (Å²) in [4.78, 5) is 12.1. The van der Waals surface area contributed by atoms with Crippen molar-refractivity contribution in [1.82, 2.24) is 0 Å². The van der Waals surface area contributed by atoms with Gasteiger partial charge in [0.1, 0.15) is 0 Å². The average Bonchev–Trinajstić information content (AvgIpc) is 3.21. The number of carbonyl (C=O) groups excluding carboxylic acids is 1. The molecular weight excluding hydrogens is 476 g/mol. The number of hydrogen-bond acceptors (Lipinski definition) is 6. The molecule has 2 aliphatic rings. The zero-order chi connectivity index (χ0) is 26.7. The van der Waals surface area contributed by atoms with Gasteiger partial charge < -0.3 is 9.84 Å². The van der Waals surface area contributed by atoms with E-state index in [1.54, 1.807) is 12.1 Å². The Morgan fingerprint density at radius 1 is 1.19 bits per heavy atom. The molecule has 6 nitrogen and oxygen atoms in total. The predicted octanol–water partition coefficient (Wildman–Crippen LogP) is 5.68. The van der Waals surface area contributed by atoms with Crippen molar-refractivity contribution < 1.29 is 27.2 Å². The van der Waals surface area contributed by atoms with Crippen molar-refractivity contribution in [3.05, 3.63) is 42.0 Å². The molecule has 2 saturated carbocycles. The first-order chi connectivity index (χ1) is 16.9. The molecule has 1 aromatic carbocycles. The predicted molar refractivity (Wildman–Crippen MR) is 141 cm³/mol. The Balaban J connectivity index is 1.71. The lowest BCUT2D eigenvalue weighted by atomic mass is 9.59. The third kappa shape index (κ3) is 6.22. The number of hydrogen-bond donors (Lipinski definition) is 1. The maximum atomic E-state index is 12.8. The first-order valence-electron chi connectivity index (χ1n) is 13.3. The van der Waals surface area contributed by atoms with Crippen molar-refractivity contribution >= 4 is 16.1 Å². The van der Waals surface area contributed by atoms with Crippen LogP contribution in [0.5, 0.6) is 0 Å². The molecule has 1 aromatic rings. The zero-order valence-electron chi connectivity index (χ0n) is 22.5. The lowest BCUT2D eigenvalue weighted by molar-refractivity contribution is -0.137. The van der Waals surface area contributed by atoms with Gasteiger partial charge in [0.15, 0.2) is 0 Å². The highest BCUT2D eigenvalue weighted by molar-refractivity contribution is 7.86. The molecule has 0 radical (unpaired) electrons. The van der Waals surface area contributed by atoms with Crippen LogP contribution in [-0.4, -0.2) is 39.3 Å². The topological polar surface area (TPSA) is 89.9 Å². The van der Waals surface area contributed by atoms with Crippen molar-refractivity contribution in [2.75, 3.05) is 13.7 Å². The van der Waals surface area contributed by atoms with E-state index in [4.69, 9.17) is 8.92 Å². The van der Waals surface area contributed by atoms with Crippen LogP contribution in [0.15, 0.2) is 41.3 Å². The SMILES string of the molecule is C=C(C(=O)OC)C(O)C(CCC(C)C1CCC2C(C)CCCC21C)COS(=O)(=O)c1ccc(C)cc1. The minimum Gasteiger partial charge on any atom is -0.466 e.